The van der Waals surface area contributed by atoms with E-state index >= 15 is 0 Å². The fraction of sp³-hybridized carbons (Fsp3) is 0.125. The molecule has 0 unspecified atom stereocenters. The molecule has 4 nitrogen and oxygen atoms in total. The van der Waals surface area contributed by atoms with Gasteiger partial charge in [-0.3, -0.25) is 0 Å². The van der Waals surface area contributed by atoms with Crippen LogP contribution in [0, 0.1) is 0 Å². The molecule has 0 aromatic carbocycles. The van der Waals surface area contributed by atoms with Crippen LogP contribution in [0.4, 0.5) is 0 Å². The van der Waals surface area contributed by atoms with Crippen molar-refractivity contribution >= 4 is 11.8 Å². The van der Waals surface area contributed by atoms with Crippen molar-refractivity contribution in [2.75, 3.05) is 0 Å². The van der Waals surface area contributed by atoms with E-state index in [0.29, 0.717) is 0 Å². The Kier molecular flexibility index (Phi) is 2.27. The molecular formula is C8H8N4S. The predicted octanol–water partition coefficient (Wildman–Crippen LogP) is 1.36. The van der Waals surface area contributed by atoms with Crippen LogP contribution in [0.5, 0.6) is 0 Å². The highest BCUT2D eigenvalue weighted by atomic mass is 32.2. The Balaban J connectivity index is 2.20. The van der Waals surface area contributed by atoms with E-state index in [9.17, 15) is 0 Å². The zero-order valence-corrected chi connectivity index (χ0v) is 7.90. The molecule has 2 aromatic heterocycles. The second-order valence-corrected chi connectivity index (χ2v) is 3.47. The monoisotopic (exact) mass is 192 g/mol. The maximum atomic E-state index is 4.17. The number of nitrogens with zero attached hydrogens (tertiary/aromatic N) is 4. The topological polar surface area (TPSA) is 43.6 Å². The normalized spacial score (nSPS) is 10.2. The van der Waals surface area contributed by atoms with Gasteiger partial charge in [0, 0.05) is 25.6 Å². The molecule has 0 N–H and O–H groups in total. The summed E-state index contributed by atoms with van der Waals surface area (Å²) >= 11 is 1.50. The van der Waals surface area contributed by atoms with Crippen LogP contribution in [-0.4, -0.2) is 19.7 Å². The summed E-state index contributed by atoms with van der Waals surface area (Å²) in [4.78, 5) is 4.17. The first-order valence-corrected chi connectivity index (χ1v) is 4.61. The lowest BCUT2D eigenvalue weighted by atomic mass is 10.6. The van der Waals surface area contributed by atoms with E-state index in [4.69, 9.17) is 0 Å². The number of hydrogen-bond acceptors (Lipinski definition) is 4. The molecule has 13 heavy (non-hydrogen) atoms. The van der Waals surface area contributed by atoms with Crippen LogP contribution in [0.1, 0.15) is 0 Å². The molecule has 0 aliphatic carbocycles. The van der Waals surface area contributed by atoms with E-state index < -0.39 is 0 Å². The number of hydrogen-bond donors (Lipinski definition) is 0. The van der Waals surface area contributed by atoms with Gasteiger partial charge in [0.1, 0.15) is 5.03 Å². The van der Waals surface area contributed by atoms with Crippen molar-refractivity contribution in [1.82, 2.24) is 19.7 Å². The molecular weight excluding hydrogens is 184 g/mol. The Hall–Kier alpha value is -1.36. The fourth-order valence-electron chi connectivity index (χ4n) is 0.886. The molecule has 66 valence electrons. The minimum Gasteiger partial charge on any atom is -0.329 e. The van der Waals surface area contributed by atoms with Gasteiger partial charge in [0.05, 0.1) is 0 Å². The summed E-state index contributed by atoms with van der Waals surface area (Å²) in [6.07, 6.45) is 5.32. The Morgan fingerprint density at radius 3 is 2.92 bits per heavy atom. The Bertz CT molecular complexity index is 384. The third-order valence-corrected chi connectivity index (χ3v) is 2.52. The number of aryl methyl sites for hydroxylation is 1. The van der Waals surface area contributed by atoms with Gasteiger partial charge in [0.15, 0.2) is 5.16 Å². The van der Waals surface area contributed by atoms with Crippen molar-refractivity contribution in [2.45, 2.75) is 10.2 Å². The summed E-state index contributed by atoms with van der Waals surface area (Å²) in [6, 6.07) is 3.77. The van der Waals surface area contributed by atoms with Gasteiger partial charge in [0.2, 0.25) is 0 Å². The van der Waals surface area contributed by atoms with Gasteiger partial charge in [-0.1, -0.05) is 0 Å². The zero-order valence-electron chi connectivity index (χ0n) is 7.08. The number of rotatable bonds is 2. The molecule has 5 heteroatoms. The highest BCUT2D eigenvalue weighted by Gasteiger charge is 2.02. The molecule has 2 aromatic rings. The standard InChI is InChI=1S/C8H8N4S/c1-12-6-5-9-8(12)13-7-3-2-4-10-11-7/h2-6H,1H3. The molecule has 0 saturated heterocycles. The minimum atomic E-state index is 0.858. The van der Waals surface area contributed by atoms with Crippen molar-refractivity contribution in [2.24, 2.45) is 7.05 Å². The summed E-state index contributed by atoms with van der Waals surface area (Å²) in [5.41, 5.74) is 0. The summed E-state index contributed by atoms with van der Waals surface area (Å²) in [7, 11) is 1.95. The lowest BCUT2D eigenvalue weighted by molar-refractivity contribution is 0.786. The van der Waals surface area contributed by atoms with Gasteiger partial charge < -0.3 is 4.57 Å². The quantitative estimate of drug-likeness (QED) is 0.720. The molecule has 0 radical (unpaired) electrons. The fourth-order valence-corrected chi connectivity index (χ4v) is 1.63. The molecule has 0 aliphatic heterocycles. The lowest BCUT2D eigenvalue weighted by Gasteiger charge is -1.98. The van der Waals surface area contributed by atoms with Crippen molar-refractivity contribution in [1.29, 1.82) is 0 Å². The number of aromatic nitrogens is 4. The molecule has 0 aliphatic rings. The minimum absolute atomic E-state index is 0.858. The summed E-state index contributed by atoms with van der Waals surface area (Å²) in [5, 5.41) is 9.52. The van der Waals surface area contributed by atoms with Crippen molar-refractivity contribution in [3.63, 3.8) is 0 Å². The highest BCUT2D eigenvalue weighted by Crippen LogP contribution is 2.22. The van der Waals surface area contributed by atoms with Gasteiger partial charge in [-0.05, 0) is 23.9 Å². The van der Waals surface area contributed by atoms with E-state index in [1.807, 2.05) is 29.9 Å². The van der Waals surface area contributed by atoms with Gasteiger partial charge in [-0.25, -0.2) is 4.98 Å². The molecule has 0 atom stereocenters. The largest absolute Gasteiger partial charge is 0.329 e. The predicted molar refractivity (Wildman–Crippen MR) is 49.4 cm³/mol. The second-order valence-electron chi connectivity index (χ2n) is 2.48. The smallest absolute Gasteiger partial charge is 0.174 e. The molecule has 0 fully saturated rings. The molecule has 2 rings (SSSR count). The van der Waals surface area contributed by atoms with Crippen LogP contribution in [0.3, 0.4) is 0 Å². The first-order chi connectivity index (χ1) is 6.36. The van der Waals surface area contributed by atoms with Gasteiger partial charge in [-0.2, -0.15) is 5.10 Å². The highest BCUT2D eigenvalue weighted by molar-refractivity contribution is 7.99. The third kappa shape index (κ3) is 1.86. The van der Waals surface area contributed by atoms with Crippen LogP contribution < -0.4 is 0 Å². The maximum Gasteiger partial charge on any atom is 0.174 e. The molecule has 0 saturated carbocycles. The van der Waals surface area contributed by atoms with Crippen LogP contribution in [0.15, 0.2) is 40.9 Å². The first-order valence-electron chi connectivity index (χ1n) is 3.79. The summed E-state index contributed by atoms with van der Waals surface area (Å²) in [6.45, 7) is 0. The summed E-state index contributed by atoms with van der Waals surface area (Å²) < 4.78 is 1.94. The van der Waals surface area contributed by atoms with Crippen molar-refractivity contribution in [3.05, 3.63) is 30.7 Å². The van der Waals surface area contributed by atoms with Crippen molar-refractivity contribution in [3.8, 4) is 0 Å². The van der Waals surface area contributed by atoms with E-state index in [-0.39, 0.29) is 0 Å². The Labute approximate surface area is 80.0 Å². The maximum absolute atomic E-state index is 4.17. The van der Waals surface area contributed by atoms with Crippen LogP contribution >= 0.6 is 11.8 Å². The van der Waals surface area contributed by atoms with E-state index in [1.165, 1.54) is 11.8 Å². The van der Waals surface area contributed by atoms with Gasteiger partial charge >= 0.3 is 0 Å². The second kappa shape index (κ2) is 3.57. The molecule has 0 spiro atoms. The Morgan fingerprint density at radius 2 is 2.31 bits per heavy atom. The lowest BCUT2D eigenvalue weighted by Crippen LogP contribution is -1.90. The number of imidazole rings is 1. The first kappa shape index (κ1) is 8.25. The SMILES string of the molecule is Cn1ccnc1Sc1cccnn1. The summed E-state index contributed by atoms with van der Waals surface area (Å²) in [5.74, 6) is 0. The average molecular weight is 192 g/mol. The van der Waals surface area contributed by atoms with Crippen LogP contribution in [0.2, 0.25) is 0 Å². The van der Waals surface area contributed by atoms with Crippen LogP contribution in [-0.2, 0) is 7.05 Å². The average Bonchev–Trinajstić information content (AvgIpc) is 2.54. The van der Waals surface area contributed by atoms with E-state index in [1.54, 1.807) is 12.4 Å². The zero-order chi connectivity index (χ0) is 9.10. The van der Waals surface area contributed by atoms with Crippen LogP contribution in [0.25, 0.3) is 0 Å². The molecule has 0 amide bonds. The molecule has 2 heterocycles. The Morgan fingerprint density at radius 1 is 1.38 bits per heavy atom. The van der Waals surface area contributed by atoms with E-state index in [2.05, 4.69) is 15.2 Å². The van der Waals surface area contributed by atoms with Crippen molar-refractivity contribution < 1.29 is 0 Å². The van der Waals surface area contributed by atoms with Gasteiger partial charge in [0.25, 0.3) is 0 Å². The van der Waals surface area contributed by atoms with Gasteiger partial charge in [-0.15, -0.1) is 5.10 Å². The van der Waals surface area contributed by atoms with E-state index in [0.717, 1.165) is 10.2 Å². The molecule has 0 bridgehead atoms. The third-order valence-electron chi connectivity index (χ3n) is 1.52.